The third kappa shape index (κ3) is 1.85. The molecule has 0 aliphatic rings. The van der Waals surface area contributed by atoms with Gasteiger partial charge in [0.1, 0.15) is 0 Å². The maximum atomic E-state index is 6.53. The van der Waals surface area contributed by atoms with E-state index in [0.29, 0.717) is 0 Å². The van der Waals surface area contributed by atoms with E-state index in [1.807, 2.05) is 30.3 Å². The molecule has 1 N–H and O–H groups in total. The van der Waals surface area contributed by atoms with Gasteiger partial charge in [-0.25, -0.2) is 0 Å². The molecule has 0 amide bonds. The van der Waals surface area contributed by atoms with Crippen molar-refractivity contribution in [1.29, 1.82) is 5.53 Å². The first-order valence-electron chi connectivity index (χ1n) is 2.52. The van der Waals surface area contributed by atoms with Crippen LogP contribution in [0.3, 0.4) is 0 Å². The van der Waals surface area contributed by atoms with Crippen molar-refractivity contribution in [2.45, 2.75) is 4.90 Å². The fourth-order valence-corrected chi connectivity index (χ4v) is 0.918. The lowest BCUT2D eigenvalue weighted by Crippen LogP contribution is -1.62. The standard InChI is InChI=1S/C6H6N2S/c7-8-9-6-4-2-1-3-5-6/h1-5,7H. The van der Waals surface area contributed by atoms with E-state index in [9.17, 15) is 0 Å². The van der Waals surface area contributed by atoms with Crippen LogP contribution in [-0.4, -0.2) is 0 Å². The molecule has 0 radical (unpaired) electrons. The van der Waals surface area contributed by atoms with Crippen molar-refractivity contribution >= 4 is 11.9 Å². The van der Waals surface area contributed by atoms with Gasteiger partial charge in [0.15, 0.2) is 0 Å². The molecule has 0 aliphatic heterocycles. The van der Waals surface area contributed by atoms with Crippen molar-refractivity contribution in [1.82, 2.24) is 0 Å². The Hall–Kier alpha value is -0.830. The molecule has 0 saturated carbocycles. The predicted molar refractivity (Wildman–Crippen MR) is 37.4 cm³/mol. The van der Waals surface area contributed by atoms with Gasteiger partial charge in [0.25, 0.3) is 0 Å². The van der Waals surface area contributed by atoms with Crippen LogP contribution in [0.4, 0.5) is 0 Å². The second-order valence-electron chi connectivity index (χ2n) is 1.50. The van der Waals surface area contributed by atoms with Crippen LogP contribution in [-0.2, 0) is 0 Å². The summed E-state index contributed by atoms with van der Waals surface area (Å²) in [5, 5.41) is 0. The summed E-state index contributed by atoms with van der Waals surface area (Å²) in [5.41, 5.74) is 6.53. The molecule has 1 aromatic rings. The zero-order valence-corrected chi connectivity index (χ0v) is 5.56. The number of nitrogens with one attached hydrogen (secondary N) is 1. The van der Waals surface area contributed by atoms with Crippen LogP contribution in [0.2, 0.25) is 0 Å². The van der Waals surface area contributed by atoms with E-state index in [-0.39, 0.29) is 0 Å². The van der Waals surface area contributed by atoms with E-state index in [2.05, 4.69) is 4.52 Å². The Balaban J connectivity index is 2.72. The molecule has 2 nitrogen and oxygen atoms in total. The zero-order valence-electron chi connectivity index (χ0n) is 4.74. The van der Waals surface area contributed by atoms with E-state index >= 15 is 0 Å². The molecule has 3 heteroatoms. The molecule has 0 bridgehead atoms. The van der Waals surface area contributed by atoms with E-state index in [1.54, 1.807) is 0 Å². The summed E-state index contributed by atoms with van der Waals surface area (Å²) in [4.78, 5) is 1.01. The van der Waals surface area contributed by atoms with Gasteiger partial charge >= 0.3 is 0 Å². The van der Waals surface area contributed by atoms with Crippen LogP contribution < -0.4 is 0 Å². The lowest BCUT2D eigenvalue weighted by Gasteiger charge is -1.88. The maximum absolute atomic E-state index is 6.53. The van der Waals surface area contributed by atoms with E-state index in [4.69, 9.17) is 5.53 Å². The van der Waals surface area contributed by atoms with Gasteiger partial charge < -0.3 is 0 Å². The number of nitrogens with zero attached hydrogens (tertiary/aromatic N) is 1. The van der Waals surface area contributed by atoms with Crippen molar-refractivity contribution in [2.75, 3.05) is 0 Å². The van der Waals surface area contributed by atoms with E-state index < -0.39 is 0 Å². The maximum Gasteiger partial charge on any atom is 0.0335 e. The highest BCUT2D eigenvalue weighted by molar-refractivity contribution is 7.97. The molecule has 0 aromatic heterocycles. The zero-order chi connectivity index (χ0) is 6.53. The molecule has 0 spiro atoms. The second kappa shape index (κ2) is 3.25. The average Bonchev–Trinajstić information content (AvgIpc) is 1.91. The van der Waals surface area contributed by atoms with Crippen molar-refractivity contribution in [3.8, 4) is 0 Å². The summed E-state index contributed by atoms with van der Waals surface area (Å²) in [6.45, 7) is 0. The minimum Gasteiger partial charge on any atom is -0.197 e. The normalized spacial score (nSPS) is 8.89. The summed E-state index contributed by atoms with van der Waals surface area (Å²) < 4.78 is 3.17. The summed E-state index contributed by atoms with van der Waals surface area (Å²) in [5.74, 6) is 0. The molecular formula is C6H6N2S. The quantitative estimate of drug-likeness (QED) is 0.495. The highest BCUT2D eigenvalue weighted by atomic mass is 32.2. The Bertz CT molecular complexity index is 186. The fourth-order valence-electron chi connectivity index (χ4n) is 0.534. The van der Waals surface area contributed by atoms with Crippen molar-refractivity contribution in [2.24, 2.45) is 4.52 Å². The molecule has 9 heavy (non-hydrogen) atoms. The van der Waals surface area contributed by atoms with Gasteiger partial charge in [-0.1, -0.05) is 18.2 Å². The van der Waals surface area contributed by atoms with Gasteiger partial charge in [-0.3, -0.25) is 0 Å². The van der Waals surface area contributed by atoms with Gasteiger partial charge in [-0.2, -0.15) is 5.53 Å². The van der Waals surface area contributed by atoms with Gasteiger partial charge in [0.05, 0.1) is 0 Å². The van der Waals surface area contributed by atoms with Crippen molar-refractivity contribution in [3.05, 3.63) is 30.3 Å². The molecule has 0 atom stereocenters. The molecule has 1 aromatic carbocycles. The van der Waals surface area contributed by atoms with Crippen LogP contribution in [0.1, 0.15) is 0 Å². The Morgan fingerprint density at radius 1 is 1.22 bits per heavy atom. The minimum atomic E-state index is 1.01. The highest BCUT2D eigenvalue weighted by Crippen LogP contribution is 2.16. The Kier molecular flexibility index (Phi) is 2.27. The summed E-state index contributed by atoms with van der Waals surface area (Å²) in [7, 11) is 0. The second-order valence-corrected chi connectivity index (χ2v) is 2.33. The van der Waals surface area contributed by atoms with E-state index in [0.717, 1.165) is 4.90 Å². The molecule has 0 aliphatic carbocycles. The Morgan fingerprint density at radius 2 is 1.89 bits per heavy atom. The average molecular weight is 138 g/mol. The molecule has 1 rings (SSSR count). The topological polar surface area (TPSA) is 36.2 Å². The Labute approximate surface area is 57.9 Å². The smallest absolute Gasteiger partial charge is 0.0335 e. The molecule has 0 unspecified atom stereocenters. The largest absolute Gasteiger partial charge is 0.197 e. The van der Waals surface area contributed by atoms with E-state index in [1.165, 1.54) is 11.9 Å². The lowest BCUT2D eigenvalue weighted by atomic mass is 10.4. The SMILES string of the molecule is N=NSc1ccccc1. The van der Waals surface area contributed by atoms with Crippen molar-refractivity contribution in [3.63, 3.8) is 0 Å². The number of rotatable bonds is 2. The monoisotopic (exact) mass is 138 g/mol. The third-order valence-electron chi connectivity index (χ3n) is 0.894. The summed E-state index contributed by atoms with van der Waals surface area (Å²) in [6.07, 6.45) is 0. The Morgan fingerprint density at radius 3 is 2.44 bits per heavy atom. The van der Waals surface area contributed by atoms with Crippen LogP contribution >= 0.6 is 11.9 Å². The van der Waals surface area contributed by atoms with Gasteiger partial charge in [-0.15, -0.1) is 4.52 Å². The van der Waals surface area contributed by atoms with Gasteiger partial charge in [0.2, 0.25) is 0 Å². The van der Waals surface area contributed by atoms with Crippen LogP contribution in [0.25, 0.3) is 0 Å². The molecule has 46 valence electrons. The highest BCUT2D eigenvalue weighted by Gasteiger charge is 1.85. The fraction of sp³-hybridized carbons (Fsp3) is 0. The van der Waals surface area contributed by atoms with Gasteiger partial charge in [0, 0.05) is 16.8 Å². The molecule has 0 saturated heterocycles. The third-order valence-corrected chi connectivity index (χ3v) is 1.47. The number of hydrogen-bond donors (Lipinski definition) is 1. The molecule has 0 fully saturated rings. The first-order valence-corrected chi connectivity index (χ1v) is 3.29. The van der Waals surface area contributed by atoms with Crippen molar-refractivity contribution < 1.29 is 0 Å². The molecule has 0 heterocycles. The number of hydrogen-bond acceptors (Lipinski definition) is 3. The predicted octanol–water partition coefficient (Wildman–Crippen LogP) is 2.72. The minimum absolute atomic E-state index is 1.01. The summed E-state index contributed by atoms with van der Waals surface area (Å²) >= 11 is 1.17. The van der Waals surface area contributed by atoms with Crippen LogP contribution in [0, 0.1) is 5.53 Å². The number of benzene rings is 1. The van der Waals surface area contributed by atoms with Crippen LogP contribution in [0.5, 0.6) is 0 Å². The van der Waals surface area contributed by atoms with Crippen LogP contribution in [0.15, 0.2) is 39.7 Å². The van der Waals surface area contributed by atoms with Gasteiger partial charge in [-0.05, 0) is 12.1 Å². The first-order chi connectivity index (χ1) is 4.43. The lowest BCUT2D eigenvalue weighted by molar-refractivity contribution is 1.24. The summed E-state index contributed by atoms with van der Waals surface area (Å²) in [6, 6.07) is 9.63. The molecular weight excluding hydrogens is 132 g/mol. The first kappa shape index (κ1) is 6.29.